The molecule has 0 aliphatic carbocycles. The Morgan fingerprint density at radius 2 is 2.15 bits per heavy atom. The van der Waals surface area contributed by atoms with Crippen molar-refractivity contribution >= 4 is 5.82 Å². The van der Waals surface area contributed by atoms with Gasteiger partial charge < -0.3 is 14.8 Å². The van der Waals surface area contributed by atoms with Crippen molar-refractivity contribution in [2.24, 2.45) is 0 Å². The van der Waals surface area contributed by atoms with Crippen molar-refractivity contribution in [1.29, 1.82) is 0 Å². The molecule has 0 amide bonds. The Morgan fingerprint density at radius 1 is 1.35 bits per heavy atom. The summed E-state index contributed by atoms with van der Waals surface area (Å²) in [5.74, 6) is 2.64. The van der Waals surface area contributed by atoms with Gasteiger partial charge in [0.1, 0.15) is 17.4 Å². The van der Waals surface area contributed by atoms with E-state index in [1.807, 2.05) is 25.1 Å². The standard InChI is InChI=1S/C15H21N3O2/c1-10(2)15-16-11(3)9-14(18-15)17-12(6-7-19)13-5-4-8-20-13/h4-5,8-10,12,19H,6-7H2,1-3H3,(H,16,17,18). The Morgan fingerprint density at radius 3 is 2.75 bits per heavy atom. The van der Waals surface area contributed by atoms with E-state index >= 15 is 0 Å². The average molecular weight is 275 g/mol. The van der Waals surface area contributed by atoms with E-state index in [1.54, 1.807) is 6.26 Å². The van der Waals surface area contributed by atoms with E-state index in [-0.39, 0.29) is 18.6 Å². The van der Waals surface area contributed by atoms with Gasteiger partial charge in [-0.25, -0.2) is 9.97 Å². The maximum atomic E-state index is 9.20. The molecule has 0 bridgehead atoms. The van der Waals surface area contributed by atoms with Gasteiger partial charge in [-0.15, -0.1) is 0 Å². The summed E-state index contributed by atoms with van der Waals surface area (Å²) < 4.78 is 5.41. The van der Waals surface area contributed by atoms with E-state index < -0.39 is 0 Å². The van der Waals surface area contributed by atoms with E-state index in [0.29, 0.717) is 6.42 Å². The lowest BCUT2D eigenvalue weighted by Crippen LogP contribution is -2.14. The fourth-order valence-corrected chi connectivity index (χ4v) is 2.01. The predicted molar refractivity (Wildman–Crippen MR) is 77.6 cm³/mol. The van der Waals surface area contributed by atoms with Crippen LogP contribution in [0.2, 0.25) is 0 Å². The van der Waals surface area contributed by atoms with Gasteiger partial charge >= 0.3 is 0 Å². The molecule has 0 fully saturated rings. The van der Waals surface area contributed by atoms with E-state index in [1.165, 1.54) is 0 Å². The Kier molecular flexibility index (Phi) is 4.74. The fourth-order valence-electron chi connectivity index (χ4n) is 2.01. The number of nitrogens with one attached hydrogen (secondary N) is 1. The van der Waals surface area contributed by atoms with Crippen LogP contribution in [0.1, 0.15) is 49.5 Å². The molecule has 0 aliphatic rings. The zero-order valence-electron chi connectivity index (χ0n) is 12.1. The van der Waals surface area contributed by atoms with Crippen LogP contribution in [-0.4, -0.2) is 21.7 Å². The maximum Gasteiger partial charge on any atom is 0.133 e. The van der Waals surface area contributed by atoms with Crippen molar-refractivity contribution < 1.29 is 9.52 Å². The molecule has 0 radical (unpaired) electrons. The molecule has 0 aliphatic heterocycles. The van der Waals surface area contributed by atoms with Gasteiger partial charge in [-0.3, -0.25) is 0 Å². The number of hydrogen-bond acceptors (Lipinski definition) is 5. The first-order valence-corrected chi connectivity index (χ1v) is 6.86. The second-order valence-corrected chi connectivity index (χ2v) is 5.13. The second-order valence-electron chi connectivity index (χ2n) is 5.13. The van der Waals surface area contributed by atoms with Gasteiger partial charge in [-0.1, -0.05) is 13.8 Å². The van der Waals surface area contributed by atoms with Crippen LogP contribution >= 0.6 is 0 Å². The van der Waals surface area contributed by atoms with Gasteiger partial charge in [-0.05, 0) is 25.5 Å². The van der Waals surface area contributed by atoms with E-state index in [0.717, 1.165) is 23.1 Å². The van der Waals surface area contributed by atoms with E-state index in [9.17, 15) is 5.11 Å². The monoisotopic (exact) mass is 275 g/mol. The van der Waals surface area contributed by atoms with Gasteiger partial charge in [0.2, 0.25) is 0 Å². The summed E-state index contributed by atoms with van der Waals surface area (Å²) in [6.45, 7) is 6.17. The Hall–Kier alpha value is -1.88. The van der Waals surface area contributed by atoms with Gasteiger partial charge in [0.25, 0.3) is 0 Å². The molecule has 0 saturated carbocycles. The molecule has 2 rings (SSSR count). The lowest BCUT2D eigenvalue weighted by Gasteiger charge is -2.17. The fraction of sp³-hybridized carbons (Fsp3) is 0.467. The topological polar surface area (TPSA) is 71.2 Å². The number of aliphatic hydroxyl groups is 1. The SMILES string of the molecule is Cc1cc(NC(CCO)c2ccco2)nc(C(C)C)n1. The van der Waals surface area contributed by atoms with Crippen molar-refractivity contribution in [3.05, 3.63) is 41.7 Å². The third-order valence-corrected chi connectivity index (χ3v) is 3.01. The molecule has 0 spiro atoms. The zero-order valence-corrected chi connectivity index (χ0v) is 12.1. The zero-order chi connectivity index (χ0) is 14.5. The highest BCUT2D eigenvalue weighted by molar-refractivity contribution is 5.38. The van der Waals surface area contributed by atoms with Crippen LogP contribution in [0, 0.1) is 6.92 Å². The number of aryl methyl sites for hydroxylation is 1. The average Bonchev–Trinajstić information content (AvgIpc) is 2.91. The Balaban J connectivity index is 2.22. The Bertz CT molecular complexity index is 538. The minimum atomic E-state index is -0.0932. The van der Waals surface area contributed by atoms with Gasteiger partial charge in [0.05, 0.1) is 12.3 Å². The number of aromatic nitrogens is 2. The van der Waals surface area contributed by atoms with E-state index in [2.05, 4.69) is 29.1 Å². The molecule has 0 aromatic carbocycles. The largest absolute Gasteiger partial charge is 0.467 e. The molecule has 5 heteroatoms. The number of furan rings is 1. The summed E-state index contributed by atoms with van der Waals surface area (Å²) in [5, 5.41) is 12.5. The first-order chi connectivity index (χ1) is 9.60. The van der Waals surface area contributed by atoms with Gasteiger partial charge in [-0.2, -0.15) is 0 Å². The summed E-state index contributed by atoms with van der Waals surface area (Å²) >= 11 is 0. The highest BCUT2D eigenvalue weighted by Gasteiger charge is 2.15. The number of nitrogens with zero attached hydrogens (tertiary/aromatic N) is 2. The maximum absolute atomic E-state index is 9.20. The van der Waals surface area contributed by atoms with E-state index in [4.69, 9.17) is 4.42 Å². The first-order valence-electron chi connectivity index (χ1n) is 6.86. The first kappa shape index (κ1) is 14.5. The minimum absolute atomic E-state index is 0.0828. The van der Waals surface area contributed by atoms with Crippen LogP contribution in [0.25, 0.3) is 0 Å². The normalized spacial score (nSPS) is 12.7. The third-order valence-electron chi connectivity index (χ3n) is 3.01. The summed E-state index contributed by atoms with van der Waals surface area (Å²) in [4.78, 5) is 8.94. The molecule has 2 aromatic heterocycles. The predicted octanol–water partition coefficient (Wildman–Crippen LogP) is 3.04. The minimum Gasteiger partial charge on any atom is -0.467 e. The lowest BCUT2D eigenvalue weighted by molar-refractivity contribution is 0.273. The van der Waals surface area contributed by atoms with Crippen molar-refractivity contribution in [3.8, 4) is 0 Å². The molecule has 2 heterocycles. The number of anilines is 1. The quantitative estimate of drug-likeness (QED) is 0.848. The molecule has 20 heavy (non-hydrogen) atoms. The van der Waals surface area contributed by atoms with Gasteiger partial charge in [0, 0.05) is 24.3 Å². The van der Waals surface area contributed by atoms with Crippen LogP contribution in [-0.2, 0) is 0 Å². The lowest BCUT2D eigenvalue weighted by atomic mass is 10.1. The third kappa shape index (κ3) is 3.57. The summed E-state index contributed by atoms with van der Waals surface area (Å²) in [6.07, 6.45) is 2.19. The van der Waals surface area contributed by atoms with Crippen molar-refractivity contribution in [1.82, 2.24) is 9.97 Å². The summed E-state index contributed by atoms with van der Waals surface area (Å²) in [7, 11) is 0. The van der Waals surface area contributed by atoms with Crippen LogP contribution < -0.4 is 5.32 Å². The van der Waals surface area contributed by atoms with Crippen LogP contribution in [0.4, 0.5) is 5.82 Å². The number of hydrogen-bond donors (Lipinski definition) is 2. The van der Waals surface area contributed by atoms with Crippen LogP contribution in [0.5, 0.6) is 0 Å². The Labute approximate surface area is 119 Å². The smallest absolute Gasteiger partial charge is 0.133 e. The van der Waals surface area contributed by atoms with Crippen LogP contribution in [0.3, 0.4) is 0 Å². The molecular formula is C15H21N3O2. The molecule has 1 atom stereocenters. The molecule has 2 aromatic rings. The highest BCUT2D eigenvalue weighted by Crippen LogP contribution is 2.23. The highest BCUT2D eigenvalue weighted by atomic mass is 16.3. The molecule has 2 N–H and O–H groups in total. The van der Waals surface area contributed by atoms with Crippen LogP contribution in [0.15, 0.2) is 28.9 Å². The molecular weight excluding hydrogens is 254 g/mol. The van der Waals surface area contributed by atoms with Crippen molar-refractivity contribution in [2.75, 3.05) is 11.9 Å². The molecule has 0 saturated heterocycles. The van der Waals surface area contributed by atoms with Crippen molar-refractivity contribution in [2.45, 2.75) is 39.2 Å². The molecule has 108 valence electrons. The molecule has 1 unspecified atom stereocenters. The molecule has 5 nitrogen and oxygen atoms in total. The number of aliphatic hydroxyl groups excluding tert-OH is 1. The number of rotatable bonds is 6. The van der Waals surface area contributed by atoms with Crippen molar-refractivity contribution in [3.63, 3.8) is 0 Å². The van der Waals surface area contributed by atoms with Gasteiger partial charge in [0.15, 0.2) is 0 Å². The summed E-state index contributed by atoms with van der Waals surface area (Å²) in [5.41, 5.74) is 0.924. The second kappa shape index (κ2) is 6.52. The summed E-state index contributed by atoms with van der Waals surface area (Å²) in [6, 6.07) is 5.54.